The fraction of sp³-hybridized carbons (Fsp3) is 0.500. The summed E-state index contributed by atoms with van der Waals surface area (Å²) in [6.07, 6.45) is -0.0584. The highest BCUT2D eigenvalue weighted by Gasteiger charge is 2.26. The Morgan fingerprint density at radius 2 is 1.81 bits per heavy atom. The lowest BCUT2D eigenvalue weighted by Crippen LogP contribution is -2.17. The van der Waals surface area contributed by atoms with Crippen LogP contribution in [0.5, 0.6) is 0 Å². The minimum absolute atomic E-state index is 0.0584. The quantitative estimate of drug-likeness (QED) is 0.662. The molecule has 1 aromatic heterocycles. The summed E-state index contributed by atoms with van der Waals surface area (Å²) in [6.45, 7) is 12.8. The lowest BCUT2D eigenvalue weighted by Gasteiger charge is -2.19. The molecule has 0 bridgehead atoms. The normalized spacial score (nSPS) is 13.9. The average Bonchev–Trinajstić information content (AvgIpc) is 3.04. The zero-order chi connectivity index (χ0) is 23.7. The Labute approximate surface area is 188 Å². The third-order valence-corrected chi connectivity index (χ3v) is 8.33. The maximum Gasteiger partial charge on any atom is 0.259 e. The molecule has 0 aliphatic rings. The molecule has 9 heteroatoms. The van der Waals surface area contributed by atoms with Gasteiger partial charge in [-0.25, -0.2) is 14.3 Å². The maximum atomic E-state index is 13.1. The zero-order valence-electron chi connectivity index (χ0n) is 19.0. The van der Waals surface area contributed by atoms with Crippen molar-refractivity contribution in [2.45, 2.75) is 76.5 Å². The van der Waals surface area contributed by atoms with Crippen LogP contribution < -0.4 is 5.14 Å². The number of rotatable bonds is 6. The first-order valence-corrected chi connectivity index (χ1v) is 12.4. The first kappa shape index (κ1) is 25.1. The van der Waals surface area contributed by atoms with Gasteiger partial charge in [-0.3, -0.25) is 4.79 Å². The summed E-state index contributed by atoms with van der Waals surface area (Å²) in [7, 11) is -3.51. The van der Waals surface area contributed by atoms with Gasteiger partial charge in [-0.2, -0.15) is 5.26 Å². The van der Waals surface area contributed by atoms with Crippen molar-refractivity contribution in [1.82, 2.24) is 4.98 Å². The molecule has 2 rings (SSSR count). The molecular weight excluding hydrogens is 432 g/mol. The fourth-order valence-electron chi connectivity index (χ4n) is 3.31. The Kier molecular flexibility index (Phi) is 7.43. The highest BCUT2D eigenvalue weighted by atomic mass is 32.2. The molecule has 0 aliphatic carbocycles. The highest BCUT2D eigenvalue weighted by Crippen LogP contribution is 2.32. The number of nitrogens with zero attached hydrogens (tertiary/aromatic N) is 3. The molecule has 0 unspecified atom stereocenters. The standard InChI is InChI=1S/C22H30N4O3S2/c1-12(2)16-8-15(11-23)9-17(13(3)4)18(16)10-19(27)26-31(24,29)20-14(5)25-21(30-20)22(6,7)28/h8-9,12-13,28H,10H2,1-7H3,(H2,24,26,27,29)/t31-/m0/s1. The van der Waals surface area contributed by atoms with Gasteiger partial charge in [0.25, 0.3) is 5.91 Å². The SMILES string of the molecule is Cc1nc(C(C)(C)O)sc1[S@@](N)(=O)=NC(=O)Cc1c(C(C)C)cc(C#N)cc1C(C)C. The van der Waals surface area contributed by atoms with Crippen molar-refractivity contribution < 1.29 is 14.1 Å². The second-order valence-corrected chi connectivity index (χ2v) is 11.7. The van der Waals surface area contributed by atoms with Crippen LogP contribution >= 0.6 is 11.3 Å². The van der Waals surface area contributed by atoms with E-state index in [1.807, 2.05) is 27.7 Å². The molecule has 1 aromatic carbocycles. The highest BCUT2D eigenvalue weighted by molar-refractivity contribution is 7.93. The Bertz CT molecular complexity index is 1130. The average molecular weight is 463 g/mol. The summed E-state index contributed by atoms with van der Waals surface area (Å²) in [5.41, 5.74) is 2.30. The summed E-state index contributed by atoms with van der Waals surface area (Å²) in [4.78, 5) is 17.1. The molecule has 7 nitrogen and oxygen atoms in total. The number of aliphatic hydroxyl groups is 1. The van der Waals surface area contributed by atoms with Crippen LogP contribution in [0.15, 0.2) is 20.7 Å². The summed E-state index contributed by atoms with van der Waals surface area (Å²) < 4.78 is 17.2. The lowest BCUT2D eigenvalue weighted by molar-refractivity contribution is -0.117. The van der Waals surface area contributed by atoms with Crippen LogP contribution in [0.3, 0.4) is 0 Å². The van der Waals surface area contributed by atoms with E-state index in [0.717, 1.165) is 28.0 Å². The van der Waals surface area contributed by atoms with Gasteiger partial charge >= 0.3 is 0 Å². The van der Waals surface area contributed by atoms with Crippen LogP contribution in [-0.2, 0) is 26.7 Å². The molecule has 0 saturated carbocycles. The van der Waals surface area contributed by atoms with E-state index in [-0.39, 0.29) is 22.5 Å². The number of nitriles is 1. The molecule has 1 amide bonds. The van der Waals surface area contributed by atoms with Gasteiger partial charge in [0.1, 0.15) is 14.8 Å². The first-order chi connectivity index (χ1) is 14.2. The number of hydrogen-bond acceptors (Lipinski definition) is 6. The number of amides is 1. The fourth-order valence-corrected chi connectivity index (χ4v) is 5.85. The summed E-state index contributed by atoms with van der Waals surface area (Å²) in [5.74, 6) is -0.415. The first-order valence-electron chi connectivity index (χ1n) is 10.0. The van der Waals surface area contributed by atoms with Gasteiger partial charge in [0.05, 0.1) is 23.7 Å². The molecule has 2 aromatic rings. The van der Waals surface area contributed by atoms with Gasteiger partial charge < -0.3 is 5.11 Å². The largest absolute Gasteiger partial charge is 0.383 e. The molecule has 1 heterocycles. The van der Waals surface area contributed by atoms with Crippen molar-refractivity contribution in [3.05, 3.63) is 45.1 Å². The molecule has 0 fully saturated rings. The number of carbonyl (C=O) groups excluding carboxylic acids is 1. The number of thiazole rings is 1. The molecule has 0 radical (unpaired) electrons. The van der Waals surface area contributed by atoms with E-state index in [9.17, 15) is 19.4 Å². The van der Waals surface area contributed by atoms with Crippen molar-refractivity contribution in [2.24, 2.45) is 9.50 Å². The van der Waals surface area contributed by atoms with Gasteiger partial charge in [-0.15, -0.1) is 15.7 Å². The minimum Gasteiger partial charge on any atom is -0.383 e. The van der Waals surface area contributed by atoms with Gasteiger partial charge in [0.2, 0.25) is 0 Å². The Hall–Kier alpha value is -2.12. The van der Waals surface area contributed by atoms with Crippen molar-refractivity contribution in [2.75, 3.05) is 0 Å². The molecule has 0 spiro atoms. The van der Waals surface area contributed by atoms with Crippen molar-refractivity contribution in [3.8, 4) is 6.07 Å². The minimum atomic E-state index is -3.51. The number of aryl methyl sites for hydroxylation is 1. The second-order valence-electron chi connectivity index (χ2n) is 8.74. The third-order valence-electron chi connectivity index (χ3n) is 4.80. The van der Waals surface area contributed by atoms with Gasteiger partial charge in [-0.1, -0.05) is 27.7 Å². The van der Waals surface area contributed by atoms with Crippen molar-refractivity contribution >= 4 is 27.2 Å². The van der Waals surface area contributed by atoms with E-state index in [1.54, 1.807) is 32.9 Å². The van der Waals surface area contributed by atoms with E-state index in [4.69, 9.17) is 5.14 Å². The van der Waals surface area contributed by atoms with Crippen LogP contribution in [0, 0.1) is 18.3 Å². The van der Waals surface area contributed by atoms with Crippen LogP contribution in [0.4, 0.5) is 0 Å². The number of hydrogen-bond donors (Lipinski definition) is 2. The third kappa shape index (κ3) is 5.77. The zero-order valence-corrected chi connectivity index (χ0v) is 20.6. The molecule has 31 heavy (non-hydrogen) atoms. The summed E-state index contributed by atoms with van der Waals surface area (Å²) >= 11 is 0.999. The van der Waals surface area contributed by atoms with Gasteiger partial charge in [0, 0.05) is 0 Å². The number of nitrogens with two attached hydrogens (primary N) is 1. The summed E-state index contributed by atoms with van der Waals surface area (Å²) in [6, 6.07) is 5.77. The molecule has 1 atom stereocenters. The van der Waals surface area contributed by atoms with E-state index in [0.29, 0.717) is 16.3 Å². The topological polar surface area (TPSA) is 129 Å². The number of benzene rings is 1. The molecule has 0 aliphatic heterocycles. The predicted molar refractivity (Wildman–Crippen MR) is 123 cm³/mol. The van der Waals surface area contributed by atoms with E-state index >= 15 is 0 Å². The second kappa shape index (κ2) is 9.17. The Balaban J connectivity index is 2.53. The van der Waals surface area contributed by atoms with Gasteiger partial charge in [-0.05, 0) is 61.4 Å². The van der Waals surface area contributed by atoms with Crippen LogP contribution in [0.2, 0.25) is 0 Å². The monoisotopic (exact) mass is 462 g/mol. The van der Waals surface area contributed by atoms with Crippen molar-refractivity contribution in [1.29, 1.82) is 5.26 Å². The molecule has 3 N–H and O–H groups in total. The van der Waals surface area contributed by atoms with Crippen LogP contribution in [0.1, 0.15) is 86.3 Å². The summed E-state index contributed by atoms with van der Waals surface area (Å²) in [5, 5.41) is 25.9. The smallest absolute Gasteiger partial charge is 0.259 e. The predicted octanol–water partition coefficient (Wildman–Crippen LogP) is 4.27. The van der Waals surface area contributed by atoms with Crippen molar-refractivity contribution in [3.63, 3.8) is 0 Å². The number of aromatic nitrogens is 1. The molecular formula is C22H30N4O3S2. The maximum absolute atomic E-state index is 13.1. The van der Waals surface area contributed by atoms with E-state index in [2.05, 4.69) is 15.4 Å². The molecule has 0 saturated heterocycles. The van der Waals surface area contributed by atoms with Crippen LogP contribution in [-0.4, -0.2) is 20.2 Å². The Morgan fingerprint density at radius 3 is 2.19 bits per heavy atom. The van der Waals surface area contributed by atoms with E-state index < -0.39 is 21.4 Å². The molecule has 168 valence electrons. The Morgan fingerprint density at radius 1 is 1.29 bits per heavy atom. The van der Waals surface area contributed by atoms with Gasteiger partial charge in [0.15, 0.2) is 9.92 Å². The van der Waals surface area contributed by atoms with Crippen LogP contribution in [0.25, 0.3) is 0 Å². The number of carbonyl (C=O) groups is 1. The lowest BCUT2D eigenvalue weighted by atomic mass is 9.85. The van der Waals surface area contributed by atoms with E-state index in [1.165, 1.54) is 0 Å².